The second kappa shape index (κ2) is 4.76. The van der Waals surface area contributed by atoms with E-state index in [1.54, 1.807) is 0 Å². The van der Waals surface area contributed by atoms with E-state index < -0.39 is 42.5 Å². The minimum Gasteiger partial charge on any atom is -0.396 e. The number of imidazole rings is 1. The summed E-state index contributed by atoms with van der Waals surface area (Å²) < 4.78 is 15.5. The maximum atomic E-state index is 14.4. The van der Waals surface area contributed by atoms with Crippen molar-refractivity contribution in [1.29, 1.82) is 0 Å². The minimum absolute atomic E-state index is 0.00809. The standard InChI is InChI=1S/C11H14FN5O4/c12-4-3(1-18)7(19)8(20)6(4)17-2-14-5-9(17)15-11(13)16-10(5)21/h2-4,6-8,18-20H,1H2,(H3,13,15,16,21)/t3-,4+,6+,7?,8?/m1/s1. The topological polar surface area (TPSA) is 150 Å². The molecule has 9 nitrogen and oxygen atoms in total. The van der Waals surface area contributed by atoms with E-state index in [9.17, 15) is 19.4 Å². The fraction of sp³-hybridized carbons (Fsp3) is 0.545. The number of hydrogen-bond donors (Lipinski definition) is 5. The molecule has 0 aliphatic heterocycles. The van der Waals surface area contributed by atoms with Gasteiger partial charge in [0.1, 0.15) is 12.3 Å². The predicted molar refractivity (Wildman–Crippen MR) is 69.1 cm³/mol. The molecule has 1 aliphatic rings. The Balaban J connectivity index is 2.15. The Hall–Kier alpha value is -2.04. The minimum atomic E-state index is -1.72. The molecule has 0 saturated heterocycles. The zero-order valence-electron chi connectivity index (χ0n) is 10.7. The number of aliphatic hydroxyl groups excluding tert-OH is 3. The number of hydrogen-bond acceptors (Lipinski definition) is 7. The van der Waals surface area contributed by atoms with Crippen LogP contribution < -0.4 is 11.3 Å². The molecule has 5 atom stereocenters. The van der Waals surface area contributed by atoms with Gasteiger partial charge in [-0.15, -0.1) is 0 Å². The molecule has 21 heavy (non-hydrogen) atoms. The quantitative estimate of drug-likeness (QED) is 0.427. The van der Waals surface area contributed by atoms with E-state index in [2.05, 4.69) is 15.0 Å². The van der Waals surface area contributed by atoms with Crippen molar-refractivity contribution in [3.05, 3.63) is 16.7 Å². The summed E-state index contributed by atoms with van der Waals surface area (Å²) in [7, 11) is 0. The molecular weight excluding hydrogens is 285 g/mol. The lowest BCUT2D eigenvalue weighted by Gasteiger charge is -2.19. The number of nitrogens with zero attached hydrogens (tertiary/aromatic N) is 3. The van der Waals surface area contributed by atoms with Gasteiger partial charge in [0.05, 0.1) is 25.1 Å². The number of aliphatic hydroxyl groups is 3. The number of nitrogen functional groups attached to an aromatic ring is 1. The first-order valence-corrected chi connectivity index (χ1v) is 6.29. The molecule has 0 amide bonds. The maximum absolute atomic E-state index is 14.4. The third kappa shape index (κ3) is 1.91. The molecule has 6 N–H and O–H groups in total. The summed E-state index contributed by atoms with van der Waals surface area (Å²) in [5.74, 6) is -1.29. The van der Waals surface area contributed by atoms with Crippen molar-refractivity contribution in [2.45, 2.75) is 24.4 Å². The molecule has 2 aromatic rings. The monoisotopic (exact) mass is 299 g/mol. The fourth-order valence-electron chi connectivity index (χ4n) is 2.77. The largest absolute Gasteiger partial charge is 0.396 e. The maximum Gasteiger partial charge on any atom is 0.280 e. The van der Waals surface area contributed by atoms with E-state index >= 15 is 0 Å². The lowest BCUT2D eigenvalue weighted by molar-refractivity contribution is -0.00496. The van der Waals surface area contributed by atoms with E-state index in [-0.39, 0.29) is 17.1 Å². The molecule has 10 heteroatoms. The van der Waals surface area contributed by atoms with Crippen LogP contribution in [0, 0.1) is 5.92 Å². The van der Waals surface area contributed by atoms with E-state index in [0.29, 0.717) is 0 Å². The molecule has 0 aromatic carbocycles. The Kier molecular flexibility index (Phi) is 3.15. The van der Waals surface area contributed by atoms with Gasteiger partial charge < -0.3 is 25.6 Å². The predicted octanol–water partition coefficient (Wildman–Crippen LogP) is -2.08. The van der Waals surface area contributed by atoms with Gasteiger partial charge in [-0.05, 0) is 0 Å². The molecule has 2 aromatic heterocycles. The Labute approximate surface area is 116 Å². The summed E-state index contributed by atoms with van der Waals surface area (Å²) in [5, 5.41) is 28.9. The third-order valence-electron chi connectivity index (χ3n) is 3.86. The van der Waals surface area contributed by atoms with E-state index in [1.807, 2.05) is 0 Å². The Morgan fingerprint density at radius 2 is 2.14 bits per heavy atom. The van der Waals surface area contributed by atoms with Crippen LogP contribution in [0.15, 0.2) is 11.1 Å². The number of nitrogens with one attached hydrogen (secondary N) is 1. The van der Waals surface area contributed by atoms with Crippen LogP contribution in [0.5, 0.6) is 0 Å². The number of fused-ring (bicyclic) bond motifs is 1. The van der Waals surface area contributed by atoms with Crippen LogP contribution in [-0.4, -0.2) is 59.8 Å². The number of rotatable bonds is 2. The van der Waals surface area contributed by atoms with Crippen LogP contribution in [0.3, 0.4) is 0 Å². The van der Waals surface area contributed by atoms with Crippen molar-refractivity contribution < 1.29 is 19.7 Å². The van der Waals surface area contributed by atoms with Gasteiger partial charge in [-0.25, -0.2) is 9.37 Å². The fourth-order valence-corrected chi connectivity index (χ4v) is 2.77. The molecule has 0 radical (unpaired) electrons. The van der Waals surface area contributed by atoms with E-state index in [0.717, 1.165) is 10.9 Å². The first kappa shape index (κ1) is 13.9. The number of anilines is 1. The highest BCUT2D eigenvalue weighted by molar-refractivity contribution is 5.70. The van der Waals surface area contributed by atoms with Crippen LogP contribution >= 0.6 is 0 Å². The summed E-state index contributed by atoms with van der Waals surface area (Å²) in [5.41, 5.74) is 4.82. The molecular formula is C11H14FN5O4. The van der Waals surface area contributed by atoms with Gasteiger partial charge >= 0.3 is 0 Å². The van der Waals surface area contributed by atoms with Gasteiger partial charge in [0.2, 0.25) is 5.95 Å². The highest BCUT2D eigenvalue weighted by Gasteiger charge is 2.51. The molecule has 3 rings (SSSR count). The number of halogens is 1. The van der Waals surface area contributed by atoms with Crippen molar-refractivity contribution in [1.82, 2.24) is 19.5 Å². The Bertz CT molecular complexity index is 731. The van der Waals surface area contributed by atoms with Gasteiger partial charge in [0.25, 0.3) is 5.56 Å². The summed E-state index contributed by atoms with van der Waals surface area (Å²) >= 11 is 0. The number of alkyl halides is 1. The van der Waals surface area contributed by atoms with Crippen LogP contribution in [0.1, 0.15) is 6.04 Å². The van der Waals surface area contributed by atoms with Crippen molar-refractivity contribution in [3.63, 3.8) is 0 Å². The second-order valence-corrected chi connectivity index (χ2v) is 5.04. The van der Waals surface area contributed by atoms with Crippen molar-refractivity contribution in [3.8, 4) is 0 Å². The van der Waals surface area contributed by atoms with Gasteiger partial charge in [-0.1, -0.05) is 0 Å². The second-order valence-electron chi connectivity index (χ2n) is 5.04. The zero-order valence-corrected chi connectivity index (χ0v) is 10.7. The number of nitrogens with two attached hydrogens (primary N) is 1. The molecule has 1 aliphatic carbocycles. The third-order valence-corrected chi connectivity index (χ3v) is 3.86. The SMILES string of the molecule is Nc1nc2c(ncn2[C@@H]2C(O)C(O)[C@H](CO)[C@@H]2F)c(=O)[nH]1. The average molecular weight is 299 g/mol. The van der Waals surface area contributed by atoms with Gasteiger partial charge in [-0.2, -0.15) is 4.98 Å². The van der Waals surface area contributed by atoms with Gasteiger partial charge in [-0.3, -0.25) is 9.78 Å². The smallest absolute Gasteiger partial charge is 0.280 e. The van der Waals surface area contributed by atoms with Crippen molar-refractivity contribution in [2.24, 2.45) is 5.92 Å². The molecule has 1 fully saturated rings. The highest BCUT2D eigenvalue weighted by Crippen LogP contribution is 2.38. The zero-order chi connectivity index (χ0) is 15.3. The van der Waals surface area contributed by atoms with Crippen molar-refractivity contribution in [2.75, 3.05) is 12.3 Å². The van der Waals surface area contributed by atoms with Crippen molar-refractivity contribution >= 4 is 17.1 Å². The normalized spacial score (nSPS) is 32.9. The summed E-state index contributed by atoms with van der Waals surface area (Å²) in [6, 6.07) is -1.21. The number of aromatic amines is 1. The number of H-pyrrole nitrogens is 1. The van der Waals surface area contributed by atoms with Crippen LogP contribution in [0.4, 0.5) is 10.3 Å². The highest BCUT2D eigenvalue weighted by atomic mass is 19.1. The van der Waals surface area contributed by atoms with Crippen LogP contribution in [-0.2, 0) is 0 Å². The number of aromatic nitrogens is 4. The summed E-state index contributed by atoms with van der Waals surface area (Å²) in [4.78, 5) is 21.7. The van der Waals surface area contributed by atoms with Gasteiger partial charge in [0.15, 0.2) is 11.2 Å². The molecule has 0 spiro atoms. The molecule has 1 saturated carbocycles. The van der Waals surface area contributed by atoms with Crippen LogP contribution in [0.2, 0.25) is 0 Å². The van der Waals surface area contributed by atoms with E-state index in [1.165, 1.54) is 0 Å². The Morgan fingerprint density at radius 1 is 1.43 bits per heavy atom. The lowest BCUT2D eigenvalue weighted by atomic mass is 10.1. The van der Waals surface area contributed by atoms with Gasteiger partial charge in [0, 0.05) is 5.92 Å². The molecule has 0 bridgehead atoms. The first-order chi connectivity index (χ1) is 9.95. The molecule has 2 unspecified atom stereocenters. The molecule has 2 heterocycles. The average Bonchev–Trinajstić information content (AvgIpc) is 2.91. The lowest BCUT2D eigenvalue weighted by Crippen LogP contribution is -2.30. The summed E-state index contributed by atoms with van der Waals surface area (Å²) in [6.07, 6.45) is -3.46. The Morgan fingerprint density at radius 3 is 2.76 bits per heavy atom. The van der Waals surface area contributed by atoms with E-state index in [4.69, 9.17) is 10.8 Å². The molecule has 114 valence electrons. The van der Waals surface area contributed by atoms with Crippen LogP contribution in [0.25, 0.3) is 11.2 Å². The summed E-state index contributed by atoms with van der Waals surface area (Å²) in [6.45, 7) is -0.612. The first-order valence-electron chi connectivity index (χ1n) is 6.29.